The zero-order valence-corrected chi connectivity index (χ0v) is 11.4. The van der Waals surface area contributed by atoms with Crippen molar-refractivity contribution in [1.82, 2.24) is 4.98 Å². The Morgan fingerprint density at radius 3 is 2.45 bits per heavy atom. The lowest BCUT2D eigenvalue weighted by Crippen LogP contribution is -2.07. The third kappa shape index (κ3) is 2.88. The Balaban J connectivity index is 2.26. The molecule has 4 N–H and O–H groups in total. The van der Waals surface area contributed by atoms with Crippen molar-refractivity contribution in [2.45, 2.75) is 19.8 Å². The van der Waals surface area contributed by atoms with Crippen molar-refractivity contribution in [1.29, 1.82) is 0 Å². The molecule has 0 unspecified atom stereocenters. The van der Waals surface area contributed by atoms with Gasteiger partial charge in [-0.05, 0) is 29.7 Å². The first kappa shape index (κ1) is 13.9. The van der Waals surface area contributed by atoms with Crippen LogP contribution in [0.3, 0.4) is 0 Å². The molecular weight excluding hydrogens is 254 g/mol. The number of carboxylic acid groups (broad SMARTS) is 1. The second kappa shape index (κ2) is 5.61. The molecule has 0 amide bonds. The number of nitrogens with two attached hydrogens (primary N) is 1. The van der Waals surface area contributed by atoms with E-state index in [-0.39, 0.29) is 11.3 Å². The standard InChI is InChI=1S/C15H17N3O2/c1-9(2)10-3-5-11(6-4-10)18-14-13(16)12(15(19)20)7-8-17-14/h3-9H,16H2,1-2H3,(H,17,18)(H,19,20). The van der Waals surface area contributed by atoms with Gasteiger partial charge in [0.25, 0.3) is 0 Å². The molecule has 0 fully saturated rings. The molecule has 0 saturated heterocycles. The predicted molar refractivity (Wildman–Crippen MR) is 79.4 cm³/mol. The molecule has 0 saturated carbocycles. The lowest BCUT2D eigenvalue weighted by atomic mass is 10.0. The van der Waals surface area contributed by atoms with Crippen LogP contribution in [-0.2, 0) is 0 Å². The summed E-state index contributed by atoms with van der Waals surface area (Å²) in [5, 5.41) is 12.1. The minimum atomic E-state index is -1.07. The van der Waals surface area contributed by atoms with E-state index >= 15 is 0 Å². The summed E-state index contributed by atoms with van der Waals surface area (Å²) in [5.41, 5.74) is 8.03. The molecule has 1 aromatic heterocycles. The number of carboxylic acids is 1. The molecule has 5 heteroatoms. The first-order valence-electron chi connectivity index (χ1n) is 6.33. The predicted octanol–water partition coefficient (Wildman–Crippen LogP) is 3.23. The van der Waals surface area contributed by atoms with Gasteiger partial charge in [0, 0.05) is 11.9 Å². The fourth-order valence-corrected chi connectivity index (χ4v) is 1.85. The summed E-state index contributed by atoms with van der Waals surface area (Å²) in [4.78, 5) is 15.1. The molecule has 1 aromatic carbocycles. The maximum atomic E-state index is 11.0. The van der Waals surface area contributed by atoms with Crippen LogP contribution >= 0.6 is 0 Å². The van der Waals surface area contributed by atoms with Gasteiger partial charge in [-0.15, -0.1) is 0 Å². The highest BCUT2D eigenvalue weighted by Gasteiger charge is 2.12. The first-order valence-corrected chi connectivity index (χ1v) is 6.33. The van der Waals surface area contributed by atoms with Crippen molar-refractivity contribution in [2.24, 2.45) is 0 Å². The number of nitrogens with zero attached hydrogens (tertiary/aromatic N) is 1. The number of pyridine rings is 1. The van der Waals surface area contributed by atoms with Crippen LogP contribution < -0.4 is 11.1 Å². The highest BCUT2D eigenvalue weighted by Crippen LogP contribution is 2.25. The summed E-state index contributed by atoms with van der Waals surface area (Å²) in [6, 6.07) is 9.26. The van der Waals surface area contributed by atoms with Crippen LogP contribution in [0.15, 0.2) is 36.5 Å². The van der Waals surface area contributed by atoms with Gasteiger partial charge < -0.3 is 16.2 Å². The Kier molecular flexibility index (Phi) is 3.89. The SMILES string of the molecule is CC(C)c1ccc(Nc2nccc(C(=O)O)c2N)cc1. The van der Waals surface area contributed by atoms with Crippen LogP contribution in [0, 0.1) is 0 Å². The summed E-state index contributed by atoms with van der Waals surface area (Å²) in [6.45, 7) is 4.25. The molecule has 0 spiro atoms. The zero-order chi connectivity index (χ0) is 14.7. The molecule has 1 heterocycles. The van der Waals surface area contributed by atoms with Crippen LogP contribution in [0.25, 0.3) is 0 Å². The number of aromatic carboxylic acids is 1. The van der Waals surface area contributed by atoms with E-state index in [0.29, 0.717) is 11.7 Å². The van der Waals surface area contributed by atoms with Gasteiger partial charge in [0.15, 0.2) is 5.82 Å². The van der Waals surface area contributed by atoms with Crippen LogP contribution in [0.2, 0.25) is 0 Å². The van der Waals surface area contributed by atoms with Gasteiger partial charge in [0.1, 0.15) is 0 Å². The molecule has 0 bridgehead atoms. The van der Waals surface area contributed by atoms with Gasteiger partial charge in [-0.1, -0.05) is 26.0 Å². The van der Waals surface area contributed by atoms with E-state index in [0.717, 1.165) is 5.69 Å². The Bertz CT molecular complexity index is 622. The van der Waals surface area contributed by atoms with Crippen LogP contribution in [-0.4, -0.2) is 16.1 Å². The van der Waals surface area contributed by atoms with Crippen LogP contribution in [0.1, 0.15) is 35.7 Å². The summed E-state index contributed by atoms with van der Waals surface area (Å²) in [5.74, 6) is -0.257. The summed E-state index contributed by atoms with van der Waals surface area (Å²) in [6.07, 6.45) is 1.42. The zero-order valence-electron chi connectivity index (χ0n) is 11.4. The van der Waals surface area contributed by atoms with Crippen molar-refractivity contribution in [3.63, 3.8) is 0 Å². The van der Waals surface area contributed by atoms with Gasteiger partial charge in [-0.2, -0.15) is 0 Å². The summed E-state index contributed by atoms with van der Waals surface area (Å²) in [7, 11) is 0. The minimum absolute atomic E-state index is 0.0429. The van der Waals surface area contributed by atoms with E-state index in [1.165, 1.54) is 17.8 Å². The lowest BCUT2D eigenvalue weighted by Gasteiger charge is -2.11. The Labute approximate surface area is 117 Å². The minimum Gasteiger partial charge on any atom is -0.478 e. The number of rotatable bonds is 4. The number of carbonyl (C=O) groups is 1. The molecular formula is C15H17N3O2. The summed E-state index contributed by atoms with van der Waals surface area (Å²) >= 11 is 0. The molecule has 0 aliphatic rings. The van der Waals surface area contributed by atoms with Crippen molar-refractivity contribution < 1.29 is 9.90 Å². The summed E-state index contributed by atoms with van der Waals surface area (Å²) < 4.78 is 0. The first-order chi connectivity index (χ1) is 9.49. The molecule has 0 atom stereocenters. The lowest BCUT2D eigenvalue weighted by molar-refractivity contribution is 0.0698. The van der Waals surface area contributed by atoms with Crippen molar-refractivity contribution in [3.8, 4) is 0 Å². The number of anilines is 3. The van der Waals surface area contributed by atoms with E-state index in [4.69, 9.17) is 10.8 Å². The maximum absolute atomic E-state index is 11.0. The number of aromatic nitrogens is 1. The molecule has 0 radical (unpaired) electrons. The molecule has 0 aliphatic heterocycles. The quantitative estimate of drug-likeness (QED) is 0.794. The largest absolute Gasteiger partial charge is 0.478 e. The van der Waals surface area contributed by atoms with Gasteiger partial charge in [-0.25, -0.2) is 9.78 Å². The van der Waals surface area contributed by atoms with E-state index < -0.39 is 5.97 Å². The Hall–Kier alpha value is -2.56. The van der Waals surface area contributed by atoms with Crippen molar-refractivity contribution in [3.05, 3.63) is 47.7 Å². The second-order valence-electron chi connectivity index (χ2n) is 4.83. The van der Waals surface area contributed by atoms with Crippen LogP contribution in [0.4, 0.5) is 17.2 Å². The van der Waals surface area contributed by atoms with E-state index in [2.05, 4.69) is 24.1 Å². The number of benzene rings is 1. The average Bonchev–Trinajstić information content (AvgIpc) is 2.41. The third-order valence-electron chi connectivity index (χ3n) is 3.06. The van der Waals surface area contributed by atoms with Gasteiger partial charge >= 0.3 is 5.97 Å². The molecule has 104 valence electrons. The fourth-order valence-electron chi connectivity index (χ4n) is 1.85. The molecule has 5 nitrogen and oxygen atoms in total. The van der Waals surface area contributed by atoms with E-state index in [9.17, 15) is 4.79 Å². The van der Waals surface area contributed by atoms with E-state index in [1.54, 1.807) is 0 Å². The number of hydrogen-bond donors (Lipinski definition) is 3. The van der Waals surface area contributed by atoms with Crippen LogP contribution in [0.5, 0.6) is 0 Å². The molecule has 2 aromatic rings. The topological polar surface area (TPSA) is 88.2 Å². The monoisotopic (exact) mass is 271 g/mol. The molecule has 20 heavy (non-hydrogen) atoms. The maximum Gasteiger partial charge on any atom is 0.337 e. The highest BCUT2D eigenvalue weighted by atomic mass is 16.4. The smallest absolute Gasteiger partial charge is 0.337 e. The fraction of sp³-hybridized carbons (Fsp3) is 0.200. The second-order valence-corrected chi connectivity index (χ2v) is 4.83. The normalized spacial score (nSPS) is 10.6. The van der Waals surface area contributed by atoms with Gasteiger partial charge in [0.05, 0.1) is 11.3 Å². The highest BCUT2D eigenvalue weighted by molar-refractivity contribution is 5.96. The van der Waals surface area contributed by atoms with Crippen molar-refractivity contribution >= 4 is 23.2 Å². The number of nitrogens with one attached hydrogen (secondary N) is 1. The van der Waals surface area contributed by atoms with E-state index in [1.807, 2.05) is 24.3 Å². The Morgan fingerprint density at radius 2 is 1.90 bits per heavy atom. The third-order valence-corrected chi connectivity index (χ3v) is 3.06. The number of hydrogen-bond acceptors (Lipinski definition) is 4. The molecule has 2 rings (SSSR count). The van der Waals surface area contributed by atoms with Crippen molar-refractivity contribution in [2.75, 3.05) is 11.1 Å². The van der Waals surface area contributed by atoms with Gasteiger partial charge in [-0.3, -0.25) is 0 Å². The molecule has 0 aliphatic carbocycles. The Morgan fingerprint density at radius 1 is 1.25 bits per heavy atom. The average molecular weight is 271 g/mol. The number of nitrogen functional groups attached to an aromatic ring is 1. The van der Waals surface area contributed by atoms with Gasteiger partial charge in [0.2, 0.25) is 0 Å².